The summed E-state index contributed by atoms with van der Waals surface area (Å²) >= 11 is 0. The lowest BCUT2D eigenvalue weighted by Crippen LogP contribution is -1.98. The average Bonchev–Trinajstić information content (AvgIpc) is 2.99. The summed E-state index contributed by atoms with van der Waals surface area (Å²) in [6.07, 6.45) is 0. The fraction of sp³-hybridized carbons (Fsp3) is 0.167. The monoisotopic (exact) mass is 296 g/mol. The van der Waals surface area contributed by atoms with Gasteiger partial charge in [-0.25, -0.2) is 4.79 Å². The van der Waals surface area contributed by atoms with Gasteiger partial charge < -0.3 is 13.9 Å². The number of furan rings is 1. The number of ether oxygens (including phenoxy) is 2. The van der Waals surface area contributed by atoms with Crippen LogP contribution in [0.15, 0.2) is 52.9 Å². The molecule has 0 fully saturated rings. The third-order valence-corrected chi connectivity index (χ3v) is 3.51. The van der Waals surface area contributed by atoms with Gasteiger partial charge in [0.1, 0.15) is 17.9 Å². The maximum atomic E-state index is 11.5. The summed E-state index contributed by atoms with van der Waals surface area (Å²) in [4.78, 5) is 11.5. The predicted octanol–water partition coefficient (Wildman–Crippen LogP) is 4.11. The van der Waals surface area contributed by atoms with Gasteiger partial charge in [0, 0.05) is 10.9 Å². The third kappa shape index (κ3) is 2.68. The van der Waals surface area contributed by atoms with Gasteiger partial charge in [0.05, 0.1) is 7.11 Å². The highest BCUT2D eigenvalue weighted by Crippen LogP contribution is 2.30. The minimum atomic E-state index is -0.484. The summed E-state index contributed by atoms with van der Waals surface area (Å²) in [6, 6.07) is 15.4. The van der Waals surface area contributed by atoms with Gasteiger partial charge in [0.2, 0.25) is 5.76 Å². The molecule has 22 heavy (non-hydrogen) atoms. The number of fused-ring (bicyclic) bond motifs is 1. The van der Waals surface area contributed by atoms with Gasteiger partial charge in [0.25, 0.3) is 0 Å². The number of aryl methyl sites for hydroxylation is 1. The van der Waals surface area contributed by atoms with Crippen molar-refractivity contribution in [3.63, 3.8) is 0 Å². The fourth-order valence-electron chi connectivity index (χ4n) is 2.32. The molecule has 4 heteroatoms. The van der Waals surface area contributed by atoms with Crippen LogP contribution < -0.4 is 4.74 Å². The van der Waals surface area contributed by atoms with E-state index in [2.05, 4.69) is 4.74 Å². The highest BCUT2D eigenvalue weighted by molar-refractivity contribution is 5.93. The van der Waals surface area contributed by atoms with Gasteiger partial charge in [-0.3, -0.25) is 0 Å². The first-order valence-electron chi connectivity index (χ1n) is 6.97. The lowest BCUT2D eigenvalue weighted by atomic mass is 10.1. The molecule has 0 aliphatic carbocycles. The summed E-state index contributed by atoms with van der Waals surface area (Å²) in [5.41, 5.74) is 2.60. The SMILES string of the molecule is COC(=O)c1cc2ccc(OCc3ccccc3)c(C)c2o1. The molecule has 0 aliphatic heterocycles. The molecular formula is C18H16O4. The summed E-state index contributed by atoms with van der Waals surface area (Å²) in [5, 5.41) is 0.852. The van der Waals surface area contributed by atoms with E-state index in [9.17, 15) is 4.79 Å². The Hall–Kier alpha value is -2.75. The van der Waals surface area contributed by atoms with Crippen LogP contribution in [0.25, 0.3) is 11.0 Å². The Morgan fingerprint density at radius 1 is 1.14 bits per heavy atom. The van der Waals surface area contributed by atoms with E-state index in [1.807, 2.05) is 49.4 Å². The number of hydrogen-bond acceptors (Lipinski definition) is 4. The third-order valence-electron chi connectivity index (χ3n) is 3.51. The Morgan fingerprint density at radius 3 is 2.64 bits per heavy atom. The first kappa shape index (κ1) is 14.2. The Balaban J connectivity index is 1.88. The molecule has 0 amide bonds. The predicted molar refractivity (Wildman–Crippen MR) is 83.1 cm³/mol. The highest BCUT2D eigenvalue weighted by atomic mass is 16.5. The zero-order chi connectivity index (χ0) is 15.5. The number of methoxy groups -OCH3 is 1. The standard InChI is InChI=1S/C18H16O4/c1-12-15(21-11-13-6-4-3-5-7-13)9-8-14-10-16(18(19)20-2)22-17(12)14/h3-10H,11H2,1-2H3. The number of esters is 1. The number of hydrogen-bond donors (Lipinski definition) is 0. The molecule has 0 unspecified atom stereocenters. The van der Waals surface area contributed by atoms with Crippen molar-refractivity contribution in [2.45, 2.75) is 13.5 Å². The summed E-state index contributed by atoms with van der Waals surface area (Å²) in [6.45, 7) is 2.39. The van der Waals surface area contributed by atoms with Crippen LogP contribution in [0.5, 0.6) is 5.75 Å². The van der Waals surface area contributed by atoms with E-state index in [4.69, 9.17) is 9.15 Å². The fourth-order valence-corrected chi connectivity index (χ4v) is 2.32. The minimum Gasteiger partial charge on any atom is -0.488 e. The summed E-state index contributed by atoms with van der Waals surface area (Å²) in [7, 11) is 1.33. The zero-order valence-electron chi connectivity index (χ0n) is 12.5. The van der Waals surface area contributed by atoms with Crippen molar-refractivity contribution < 1.29 is 18.7 Å². The van der Waals surface area contributed by atoms with Crippen LogP contribution in [0.2, 0.25) is 0 Å². The molecule has 0 radical (unpaired) electrons. The van der Waals surface area contributed by atoms with Crippen molar-refractivity contribution in [2.24, 2.45) is 0 Å². The van der Waals surface area contributed by atoms with Crippen molar-refractivity contribution in [1.29, 1.82) is 0 Å². The van der Waals surface area contributed by atoms with Crippen LogP contribution in [0, 0.1) is 6.92 Å². The van der Waals surface area contributed by atoms with Crippen LogP contribution in [-0.4, -0.2) is 13.1 Å². The van der Waals surface area contributed by atoms with Crippen LogP contribution in [0.4, 0.5) is 0 Å². The molecule has 0 bridgehead atoms. The molecule has 0 aliphatic rings. The molecule has 0 atom stereocenters. The topological polar surface area (TPSA) is 48.7 Å². The van der Waals surface area contributed by atoms with E-state index >= 15 is 0 Å². The van der Waals surface area contributed by atoms with Crippen molar-refractivity contribution in [2.75, 3.05) is 7.11 Å². The van der Waals surface area contributed by atoms with Gasteiger partial charge >= 0.3 is 5.97 Å². The second kappa shape index (κ2) is 5.93. The molecule has 3 rings (SSSR count). The number of rotatable bonds is 4. The lowest BCUT2D eigenvalue weighted by Gasteiger charge is -2.09. The minimum absolute atomic E-state index is 0.195. The number of benzene rings is 2. The number of carbonyl (C=O) groups excluding carboxylic acids is 1. The molecule has 0 spiro atoms. The molecule has 4 nitrogen and oxygen atoms in total. The molecule has 1 aromatic heterocycles. The van der Waals surface area contributed by atoms with Gasteiger partial charge in [-0.1, -0.05) is 30.3 Å². The van der Waals surface area contributed by atoms with Gasteiger partial charge in [-0.2, -0.15) is 0 Å². The largest absolute Gasteiger partial charge is 0.488 e. The second-order valence-electron chi connectivity index (χ2n) is 4.98. The quantitative estimate of drug-likeness (QED) is 0.680. The normalized spacial score (nSPS) is 10.6. The average molecular weight is 296 g/mol. The van der Waals surface area contributed by atoms with Gasteiger partial charge in [-0.05, 0) is 30.7 Å². The van der Waals surface area contributed by atoms with Crippen LogP contribution in [0.3, 0.4) is 0 Å². The molecular weight excluding hydrogens is 280 g/mol. The Kier molecular flexibility index (Phi) is 3.83. The van der Waals surface area contributed by atoms with E-state index in [0.29, 0.717) is 12.2 Å². The van der Waals surface area contributed by atoms with E-state index < -0.39 is 5.97 Å². The maximum absolute atomic E-state index is 11.5. The summed E-state index contributed by atoms with van der Waals surface area (Å²) in [5.74, 6) is 0.449. The zero-order valence-corrected chi connectivity index (χ0v) is 12.5. The Bertz CT molecular complexity index is 803. The van der Waals surface area contributed by atoms with Crippen LogP contribution in [-0.2, 0) is 11.3 Å². The van der Waals surface area contributed by atoms with Gasteiger partial charge in [0.15, 0.2) is 0 Å². The first-order chi connectivity index (χ1) is 10.7. The van der Waals surface area contributed by atoms with Crippen molar-refractivity contribution >= 4 is 16.9 Å². The van der Waals surface area contributed by atoms with E-state index in [-0.39, 0.29) is 5.76 Å². The maximum Gasteiger partial charge on any atom is 0.373 e. The van der Waals surface area contributed by atoms with E-state index in [1.165, 1.54) is 7.11 Å². The van der Waals surface area contributed by atoms with Crippen molar-refractivity contribution in [1.82, 2.24) is 0 Å². The number of carbonyl (C=O) groups is 1. The van der Waals surface area contributed by atoms with Crippen LogP contribution >= 0.6 is 0 Å². The van der Waals surface area contributed by atoms with Crippen molar-refractivity contribution in [3.05, 3.63) is 65.4 Å². The van der Waals surface area contributed by atoms with Crippen molar-refractivity contribution in [3.8, 4) is 5.75 Å². The Labute approximate surface area is 128 Å². The van der Waals surface area contributed by atoms with Gasteiger partial charge in [-0.15, -0.1) is 0 Å². The second-order valence-corrected chi connectivity index (χ2v) is 4.98. The smallest absolute Gasteiger partial charge is 0.373 e. The molecule has 0 saturated carbocycles. The van der Waals surface area contributed by atoms with E-state index in [0.717, 1.165) is 22.3 Å². The van der Waals surface area contributed by atoms with Crippen LogP contribution in [0.1, 0.15) is 21.7 Å². The van der Waals surface area contributed by atoms with E-state index in [1.54, 1.807) is 6.07 Å². The lowest BCUT2D eigenvalue weighted by molar-refractivity contribution is 0.0567. The molecule has 112 valence electrons. The molecule has 3 aromatic rings. The molecule has 0 saturated heterocycles. The summed E-state index contributed by atoms with van der Waals surface area (Å²) < 4.78 is 16.1. The first-order valence-corrected chi connectivity index (χ1v) is 6.97. The highest BCUT2D eigenvalue weighted by Gasteiger charge is 2.15. The molecule has 0 N–H and O–H groups in total. The Morgan fingerprint density at radius 2 is 1.91 bits per heavy atom. The molecule has 1 heterocycles. The molecule has 2 aromatic carbocycles.